The fourth-order valence-corrected chi connectivity index (χ4v) is 2.07. The van der Waals surface area contributed by atoms with Crippen LogP contribution in [0.2, 0.25) is 0 Å². The van der Waals surface area contributed by atoms with Crippen molar-refractivity contribution in [3.05, 3.63) is 45.8 Å². The van der Waals surface area contributed by atoms with E-state index in [-0.39, 0.29) is 18.3 Å². The van der Waals surface area contributed by atoms with E-state index in [1.807, 2.05) is 6.92 Å². The molecule has 0 amide bonds. The van der Waals surface area contributed by atoms with E-state index in [4.69, 9.17) is 0 Å². The van der Waals surface area contributed by atoms with Gasteiger partial charge in [-0.2, -0.15) is 0 Å². The highest BCUT2D eigenvalue weighted by Gasteiger charge is 2.18. The molecule has 1 N–H and O–H groups in total. The lowest BCUT2D eigenvalue weighted by atomic mass is 10.2. The van der Waals surface area contributed by atoms with Crippen LogP contribution in [0.25, 0.3) is 0 Å². The number of tetrazole rings is 1. The van der Waals surface area contributed by atoms with Crippen molar-refractivity contribution < 1.29 is 4.92 Å². The van der Waals surface area contributed by atoms with E-state index >= 15 is 0 Å². The zero-order valence-electron chi connectivity index (χ0n) is 12.1. The summed E-state index contributed by atoms with van der Waals surface area (Å²) in [6.07, 6.45) is 1.01. The standard InChI is InChI=1S/C13H18N6O2/c1-3-8-14-10(2)13-15-16-17-18(13)9-11-6-4-5-7-12(11)19(20)21/h4-7,10,14H,3,8-9H2,1-2H3. The van der Waals surface area contributed by atoms with E-state index in [2.05, 4.69) is 27.8 Å². The van der Waals surface area contributed by atoms with E-state index in [9.17, 15) is 10.1 Å². The molecule has 0 spiro atoms. The molecule has 1 unspecified atom stereocenters. The largest absolute Gasteiger partial charge is 0.307 e. The third kappa shape index (κ3) is 3.60. The first-order valence-electron chi connectivity index (χ1n) is 6.85. The van der Waals surface area contributed by atoms with Crippen molar-refractivity contribution >= 4 is 5.69 Å². The molecule has 1 aromatic carbocycles. The zero-order chi connectivity index (χ0) is 15.2. The molecule has 1 atom stereocenters. The molecular formula is C13H18N6O2. The summed E-state index contributed by atoms with van der Waals surface area (Å²) in [6.45, 7) is 5.18. The molecule has 0 bridgehead atoms. The van der Waals surface area contributed by atoms with Crippen LogP contribution >= 0.6 is 0 Å². The number of nitro benzene ring substituents is 1. The quantitative estimate of drug-likeness (QED) is 0.615. The maximum absolute atomic E-state index is 11.0. The Morgan fingerprint density at radius 3 is 2.90 bits per heavy atom. The summed E-state index contributed by atoms with van der Waals surface area (Å²) in [7, 11) is 0. The maximum atomic E-state index is 11.0. The number of nitro groups is 1. The molecule has 1 aromatic heterocycles. The molecule has 0 aliphatic rings. The number of para-hydroxylation sites is 1. The van der Waals surface area contributed by atoms with Gasteiger partial charge in [0.25, 0.3) is 5.69 Å². The first-order chi connectivity index (χ1) is 10.1. The highest BCUT2D eigenvalue weighted by atomic mass is 16.6. The number of hydrogen-bond acceptors (Lipinski definition) is 6. The van der Waals surface area contributed by atoms with Crippen molar-refractivity contribution in [2.75, 3.05) is 6.54 Å². The van der Waals surface area contributed by atoms with Crippen LogP contribution in [0, 0.1) is 10.1 Å². The molecular weight excluding hydrogens is 272 g/mol. The van der Waals surface area contributed by atoms with E-state index in [0.29, 0.717) is 11.4 Å². The normalized spacial score (nSPS) is 12.3. The Morgan fingerprint density at radius 1 is 1.43 bits per heavy atom. The van der Waals surface area contributed by atoms with Crippen molar-refractivity contribution in [2.45, 2.75) is 32.9 Å². The summed E-state index contributed by atoms with van der Waals surface area (Å²) in [4.78, 5) is 10.7. The van der Waals surface area contributed by atoms with Crippen molar-refractivity contribution in [1.82, 2.24) is 25.5 Å². The fraction of sp³-hybridized carbons (Fsp3) is 0.462. The molecule has 1 heterocycles. The van der Waals surface area contributed by atoms with E-state index in [1.54, 1.807) is 22.9 Å². The van der Waals surface area contributed by atoms with Gasteiger partial charge in [0.05, 0.1) is 23.1 Å². The molecule has 2 aromatic rings. The Hall–Kier alpha value is -2.35. The van der Waals surface area contributed by atoms with E-state index in [1.165, 1.54) is 6.07 Å². The molecule has 8 heteroatoms. The summed E-state index contributed by atoms with van der Waals surface area (Å²) >= 11 is 0. The molecule has 0 saturated heterocycles. The van der Waals surface area contributed by atoms with Gasteiger partial charge in [-0.3, -0.25) is 10.1 Å². The maximum Gasteiger partial charge on any atom is 0.274 e. The Bertz CT molecular complexity index is 612. The monoisotopic (exact) mass is 290 g/mol. The van der Waals surface area contributed by atoms with Gasteiger partial charge in [0.2, 0.25) is 0 Å². The molecule has 21 heavy (non-hydrogen) atoms. The second-order valence-electron chi connectivity index (χ2n) is 4.76. The van der Waals surface area contributed by atoms with Gasteiger partial charge in [0, 0.05) is 6.07 Å². The van der Waals surface area contributed by atoms with Crippen LogP contribution in [0.3, 0.4) is 0 Å². The van der Waals surface area contributed by atoms with Gasteiger partial charge < -0.3 is 5.32 Å². The van der Waals surface area contributed by atoms with Crippen LogP contribution in [-0.4, -0.2) is 31.7 Å². The Kier molecular flexibility index (Phi) is 4.94. The van der Waals surface area contributed by atoms with Crippen LogP contribution in [0.5, 0.6) is 0 Å². The molecule has 0 radical (unpaired) electrons. The second-order valence-corrected chi connectivity index (χ2v) is 4.76. The SMILES string of the molecule is CCCNC(C)c1nnnn1Cc1ccccc1[N+](=O)[O-]. The summed E-state index contributed by atoms with van der Waals surface area (Å²) in [5, 5.41) is 26.0. The summed E-state index contributed by atoms with van der Waals surface area (Å²) in [6, 6.07) is 6.60. The second kappa shape index (κ2) is 6.89. The topological polar surface area (TPSA) is 98.8 Å². The summed E-state index contributed by atoms with van der Waals surface area (Å²) in [5.41, 5.74) is 0.659. The van der Waals surface area contributed by atoms with Crippen LogP contribution in [0.4, 0.5) is 5.69 Å². The molecule has 0 aliphatic carbocycles. The lowest BCUT2D eigenvalue weighted by Gasteiger charge is -2.12. The molecule has 0 saturated carbocycles. The average molecular weight is 290 g/mol. The van der Waals surface area contributed by atoms with E-state index < -0.39 is 4.92 Å². The predicted molar refractivity (Wildman–Crippen MR) is 76.7 cm³/mol. The lowest BCUT2D eigenvalue weighted by Crippen LogP contribution is -2.23. The van der Waals surface area contributed by atoms with Crippen LogP contribution in [0.15, 0.2) is 24.3 Å². The number of aromatic nitrogens is 4. The number of nitrogens with zero attached hydrogens (tertiary/aromatic N) is 5. The summed E-state index contributed by atoms with van der Waals surface area (Å²) in [5.74, 6) is 0.668. The van der Waals surface area contributed by atoms with Gasteiger partial charge in [0.15, 0.2) is 5.82 Å². The van der Waals surface area contributed by atoms with Crippen LogP contribution < -0.4 is 5.32 Å². The minimum Gasteiger partial charge on any atom is -0.307 e. The zero-order valence-corrected chi connectivity index (χ0v) is 12.1. The summed E-state index contributed by atoms with van der Waals surface area (Å²) < 4.78 is 1.59. The highest BCUT2D eigenvalue weighted by Crippen LogP contribution is 2.19. The van der Waals surface area contributed by atoms with Crippen LogP contribution in [-0.2, 0) is 6.54 Å². The fourth-order valence-electron chi connectivity index (χ4n) is 2.07. The molecule has 0 fully saturated rings. The Morgan fingerprint density at radius 2 is 2.19 bits per heavy atom. The number of nitrogens with one attached hydrogen (secondary N) is 1. The molecule has 2 rings (SSSR count). The number of hydrogen-bond donors (Lipinski definition) is 1. The first kappa shape index (κ1) is 15.0. The van der Waals surface area contributed by atoms with Crippen LogP contribution in [0.1, 0.15) is 37.7 Å². The first-order valence-corrected chi connectivity index (χ1v) is 6.85. The minimum absolute atomic E-state index is 0.0114. The Balaban J connectivity index is 2.21. The van der Waals surface area contributed by atoms with Crippen molar-refractivity contribution in [2.24, 2.45) is 0 Å². The molecule has 8 nitrogen and oxygen atoms in total. The van der Waals surface area contributed by atoms with Gasteiger partial charge in [-0.1, -0.05) is 25.1 Å². The third-order valence-electron chi connectivity index (χ3n) is 3.16. The van der Waals surface area contributed by atoms with Gasteiger partial charge in [-0.15, -0.1) is 5.10 Å². The van der Waals surface area contributed by atoms with Gasteiger partial charge in [-0.05, 0) is 30.3 Å². The van der Waals surface area contributed by atoms with Crippen molar-refractivity contribution in [3.63, 3.8) is 0 Å². The molecule has 112 valence electrons. The minimum atomic E-state index is -0.391. The number of benzene rings is 1. The lowest BCUT2D eigenvalue weighted by molar-refractivity contribution is -0.385. The van der Waals surface area contributed by atoms with Gasteiger partial charge in [-0.25, -0.2) is 4.68 Å². The van der Waals surface area contributed by atoms with Crippen molar-refractivity contribution in [3.8, 4) is 0 Å². The molecule has 0 aliphatic heterocycles. The van der Waals surface area contributed by atoms with Crippen molar-refractivity contribution in [1.29, 1.82) is 0 Å². The third-order valence-corrected chi connectivity index (χ3v) is 3.16. The van der Waals surface area contributed by atoms with Gasteiger partial charge >= 0.3 is 0 Å². The smallest absolute Gasteiger partial charge is 0.274 e. The Labute approximate surface area is 122 Å². The predicted octanol–water partition coefficient (Wildman–Crippen LogP) is 1.69. The highest BCUT2D eigenvalue weighted by molar-refractivity contribution is 5.39. The number of rotatable bonds is 7. The van der Waals surface area contributed by atoms with E-state index in [0.717, 1.165) is 13.0 Å². The average Bonchev–Trinajstić information content (AvgIpc) is 2.93. The van der Waals surface area contributed by atoms with Gasteiger partial charge in [0.1, 0.15) is 0 Å².